The first-order valence-corrected chi connectivity index (χ1v) is 7.26. The Kier molecular flexibility index (Phi) is 5.14. The minimum absolute atomic E-state index is 0.0344. The van der Waals surface area contributed by atoms with Crippen LogP contribution in [0.1, 0.15) is 11.1 Å². The first-order chi connectivity index (χ1) is 10.0. The Morgan fingerprint density at radius 1 is 1.33 bits per heavy atom. The molecule has 0 saturated heterocycles. The summed E-state index contributed by atoms with van der Waals surface area (Å²) < 4.78 is 25.4. The van der Waals surface area contributed by atoms with Crippen molar-refractivity contribution in [3.05, 3.63) is 57.8 Å². The van der Waals surface area contributed by atoms with Gasteiger partial charge >= 0.3 is 0 Å². The molecule has 2 rings (SSSR count). The molecule has 0 aliphatic heterocycles. The summed E-state index contributed by atoms with van der Waals surface area (Å²) in [4.78, 5) is -0.0344. The Labute approximate surface area is 136 Å². The van der Waals surface area contributed by atoms with Crippen LogP contribution in [0.3, 0.4) is 0 Å². The van der Waals surface area contributed by atoms with E-state index in [1.54, 1.807) is 19.2 Å². The van der Waals surface area contributed by atoms with E-state index >= 15 is 0 Å². The van der Waals surface area contributed by atoms with E-state index in [2.05, 4.69) is 15.9 Å². The van der Waals surface area contributed by atoms with Crippen molar-refractivity contribution in [1.29, 1.82) is 0 Å². The molecule has 0 fully saturated rings. The van der Waals surface area contributed by atoms with Gasteiger partial charge in [0.25, 0.3) is 0 Å². The number of nitrogens with two attached hydrogens (primary N) is 1. The van der Waals surface area contributed by atoms with Gasteiger partial charge in [-0.1, -0.05) is 34.2 Å². The molecule has 0 aliphatic rings. The number of benzene rings is 2. The molecule has 2 N–H and O–H groups in total. The molecule has 0 heterocycles. The van der Waals surface area contributed by atoms with Crippen molar-refractivity contribution in [3.8, 4) is 11.5 Å². The van der Waals surface area contributed by atoms with Crippen LogP contribution in [0.4, 0.5) is 4.39 Å². The monoisotopic (exact) mass is 369 g/mol. The fraction of sp³-hybridized carbons (Fsp3) is 0.133. The van der Waals surface area contributed by atoms with Crippen LogP contribution in [0.25, 0.3) is 0 Å². The van der Waals surface area contributed by atoms with Gasteiger partial charge in [-0.2, -0.15) is 0 Å². The van der Waals surface area contributed by atoms with Crippen molar-refractivity contribution in [2.24, 2.45) is 5.73 Å². The molecular weight excluding hydrogens is 357 g/mol. The molecule has 6 heteroatoms. The summed E-state index contributed by atoms with van der Waals surface area (Å²) in [6.07, 6.45) is 0. The van der Waals surface area contributed by atoms with Crippen molar-refractivity contribution < 1.29 is 13.9 Å². The molecule has 3 nitrogen and oxygen atoms in total. The average Bonchev–Trinajstić information content (AvgIpc) is 2.46. The van der Waals surface area contributed by atoms with Crippen molar-refractivity contribution in [2.75, 3.05) is 7.11 Å². The number of hydrogen-bond acceptors (Lipinski definition) is 3. The fourth-order valence-electron chi connectivity index (χ4n) is 1.81. The number of thiocarbonyl (C=S) groups is 1. The minimum Gasteiger partial charge on any atom is -0.497 e. The molecule has 0 bridgehead atoms. The zero-order valence-electron chi connectivity index (χ0n) is 11.2. The highest BCUT2D eigenvalue weighted by Crippen LogP contribution is 2.26. The Morgan fingerprint density at radius 2 is 2.10 bits per heavy atom. The Balaban J connectivity index is 2.25. The van der Waals surface area contributed by atoms with Gasteiger partial charge in [0.1, 0.15) is 28.9 Å². The molecule has 0 spiro atoms. The lowest BCUT2D eigenvalue weighted by atomic mass is 10.2. The maximum absolute atomic E-state index is 13.7. The molecule has 0 amide bonds. The van der Waals surface area contributed by atoms with Gasteiger partial charge in [0, 0.05) is 10.0 Å². The van der Waals surface area contributed by atoms with E-state index in [1.807, 2.05) is 18.2 Å². The first kappa shape index (κ1) is 15.7. The maximum Gasteiger partial charge on any atom is 0.137 e. The summed E-state index contributed by atoms with van der Waals surface area (Å²) in [5, 5.41) is 0. The molecule has 110 valence electrons. The van der Waals surface area contributed by atoms with E-state index in [-0.39, 0.29) is 17.2 Å². The molecule has 0 aliphatic carbocycles. The lowest BCUT2D eigenvalue weighted by Gasteiger charge is -2.13. The number of hydrogen-bond donors (Lipinski definition) is 1. The second kappa shape index (κ2) is 6.87. The molecule has 0 atom stereocenters. The summed E-state index contributed by atoms with van der Waals surface area (Å²) in [6, 6.07) is 10.00. The smallest absolute Gasteiger partial charge is 0.137 e. The molecule has 0 saturated carbocycles. The van der Waals surface area contributed by atoms with Gasteiger partial charge in [-0.15, -0.1) is 0 Å². The fourth-order valence-corrected chi connectivity index (χ4v) is 2.37. The van der Waals surface area contributed by atoms with E-state index in [9.17, 15) is 4.39 Å². The molecule has 21 heavy (non-hydrogen) atoms. The van der Waals surface area contributed by atoms with Crippen LogP contribution in [0.5, 0.6) is 11.5 Å². The minimum atomic E-state index is -0.496. The SMILES string of the molecule is COc1ccc(Br)c(COc2cccc(F)c2C(N)=S)c1. The van der Waals surface area contributed by atoms with E-state index < -0.39 is 5.82 Å². The van der Waals surface area contributed by atoms with Crippen LogP contribution in [0.15, 0.2) is 40.9 Å². The van der Waals surface area contributed by atoms with Crippen molar-refractivity contribution in [2.45, 2.75) is 6.61 Å². The average molecular weight is 370 g/mol. The van der Waals surface area contributed by atoms with Crippen LogP contribution in [0, 0.1) is 5.82 Å². The van der Waals surface area contributed by atoms with E-state index in [0.717, 1.165) is 10.0 Å². The highest BCUT2D eigenvalue weighted by Gasteiger charge is 2.13. The van der Waals surface area contributed by atoms with Crippen molar-refractivity contribution in [3.63, 3.8) is 0 Å². The van der Waals surface area contributed by atoms with Crippen LogP contribution < -0.4 is 15.2 Å². The Hall–Kier alpha value is -1.66. The molecule has 2 aromatic carbocycles. The van der Waals surface area contributed by atoms with Crippen LogP contribution in [0.2, 0.25) is 0 Å². The first-order valence-electron chi connectivity index (χ1n) is 6.06. The second-order valence-corrected chi connectivity index (χ2v) is 5.52. The van der Waals surface area contributed by atoms with Gasteiger partial charge in [0.05, 0.1) is 12.7 Å². The largest absolute Gasteiger partial charge is 0.497 e. The third-order valence-corrected chi connectivity index (χ3v) is 3.84. The standard InChI is InChI=1S/C15H13BrFNO2S/c1-19-10-5-6-11(16)9(7-10)8-20-13-4-2-3-12(17)14(13)15(18)21/h2-7H,8H2,1H3,(H2,18,21). The zero-order valence-corrected chi connectivity index (χ0v) is 13.6. The van der Waals surface area contributed by atoms with Crippen molar-refractivity contribution >= 4 is 33.1 Å². The third-order valence-electron chi connectivity index (χ3n) is 2.86. The van der Waals surface area contributed by atoms with Gasteiger partial charge in [-0.25, -0.2) is 4.39 Å². The Bertz CT molecular complexity index is 679. The van der Waals surface area contributed by atoms with E-state index in [1.165, 1.54) is 6.07 Å². The number of methoxy groups -OCH3 is 1. The predicted molar refractivity (Wildman–Crippen MR) is 87.3 cm³/mol. The lowest BCUT2D eigenvalue weighted by molar-refractivity contribution is 0.302. The normalized spacial score (nSPS) is 10.2. The molecule has 2 aromatic rings. The van der Waals surface area contributed by atoms with Crippen molar-refractivity contribution in [1.82, 2.24) is 0 Å². The quantitative estimate of drug-likeness (QED) is 0.813. The van der Waals surface area contributed by atoms with Crippen LogP contribution >= 0.6 is 28.1 Å². The van der Waals surface area contributed by atoms with Gasteiger partial charge in [-0.05, 0) is 30.3 Å². The van der Waals surface area contributed by atoms with Gasteiger partial charge in [-0.3, -0.25) is 0 Å². The van der Waals surface area contributed by atoms with Gasteiger partial charge in [0.15, 0.2) is 0 Å². The maximum atomic E-state index is 13.7. The summed E-state index contributed by atoms with van der Waals surface area (Å²) in [5.74, 6) is 0.535. The topological polar surface area (TPSA) is 44.5 Å². The van der Waals surface area contributed by atoms with Crippen LogP contribution in [-0.2, 0) is 6.61 Å². The van der Waals surface area contributed by atoms with Crippen LogP contribution in [-0.4, -0.2) is 12.1 Å². The lowest BCUT2D eigenvalue weighted by Crippen LogP contribution is -2.14. The zero-order chi connectivity index (χ0) is 15.4. The Morgan fingerprint density at radius 3 is 2.76 bits per heavy atom. The summed E-state index contributed by atoms with van der Waals surface area (Å²) in [7, 11) is 1.59. The van der Waals surface area contributed by atoms with E-state index in [0.29, 0.717) is 11.5 Å². The predicted octanol–water partition coefficient (Wildman–Crippen LogP) is 3.81. The van der Waals surface area contributed by atoms with Gasteiger partial charge < -0.3 is 15.2 Å². The highest BCUT2D eigenvalue weighted by molar-refractivity contribution is 9.10. The summed E-state index contributed by atoms with van der Waals surface area (Å²) in [6.45, 7) is 0.233. The molecule has 0 radical (unpaired) electrons. The second-order valence-electron chi connectivity index (χ2n) is 4.22. The molecule has 0 aromatic heterocycles. The number of halogens is 2. The molecular formula is C15H13BrFNO2S. The molecule has 0 unspecified atom stereocenters. The van der Waals surface area contributed by atoms with Gasteiger partial charge in [0.2, 0.25) is 0 Å². The summed E-state index contributed by atoms with van der Waals surface area (Å²) >= 11 is 8.30. The summed E-state index contributed by atoms with van der Waals surface area (Å²) in [5.41, 5.74) is 6.53. The number of ether oxygens (including phenoxy) is 2. The third kappa shape index (κ3) is 3.71. The highest BCUT2D eigenvalue weighted by atomic mass is 79.9. The number of rotatable bonds is 5. The van der Waals surface area contributed by atoms with E-state index in [4.69, 9.17) is 27.4 Å².